The number of aromatic nitrogens is 1. The topological polar surface area (TPSA) is 149 Å². The van der Waals surface area contributed by atoms with E-state index in [1.54, 1.807) is 31.4 Å². The third-order valence-electron chi connectivity index (χ3n) is 4.08. The molecule has 11 heteroatoms. The van der Waals surface area contributed by atoms with Crippen molar-refractivity contribution in [3.8, 4) is 5.75 Å². The van der Waals surface area contributed by atoms with Crippen LogP contribution in [0.5, 0.6) is 5.75 Å². The molecule has 2 amide bonds. The Bertz CT molecular complexity index is 1130. The molecular formula is C19H17N5O5S. The summed E-state index contributed by atoms with van der Waals surface area (Å²) in [6, 6.07) is 11.0. The molecule has 1 heterocycles. The summed E-state index contributed by atoms with van der Waals surface area (Å²) < 4.78 is 5.10. The maximum atomic E-state index is 12.6. The molecule has 0 aliphatic rings. The number of hydrogen-bond donors (Lipinski definition) is 3. The highest BCUT2D eigenvalue weighted by Gasteiger charge is 2.20. The summed E-state index contributed by atoms with van der Waals surface area (Å²) in [6.07, 6.45) is 0. The molecule has 0 unspecified atom stereocenters. The zero-order valence-electron chi connectivity index (χ0n) is 16.0. The van der Waals surface area contributed by atoms with Crippen molar-refractivity contribution in [2.75, 3.05) is 17.7 Å². The van der Waals surface area contributed by atoms with E-state index in [1.807, 2.05) is 0 Å². The summed E-state index contributed by atoms with van der Waals surface area (Å²) >= 11 is 1.03. The predicted octanol–water partition coefficient (Wildman–Crippen LogP) is 3.46. The fraction of sp³-hybridized carbons (Fsp3) is 0.105. The second-order valence-electron chi connectivity index (χ2n) is 6.13. The number of nitro groups is 1. The van der Waals surface area contributed by atoms with Gasteiger partial charge in [0.2, 0.25) is 0 Å². The number of primary amides is 1. The Kier molecular flexibility index (Phi) is 5.93. The lowest BCUT2D eigenvalue weighted by Gasteiger charge is -2.05. The van der Waals surface area contributed by atoms with Crippen molar-refractivity contribution in [2.24, 2.45) is 5.73 Å². The zero-order valence-corrected chi connectivity index (χ0v) is 16.8. The van der Waals surface area contributed by atoms with Crippen molar-refractivity contribution >= 4 is 44.7 Å². The molecule has 1 aromatic heterocycles. The van der Waals surface area contributed by atoms with E-state index < -0.39 is 16.7 Å². The third-order valence-corrected chi connectivity index (χ3v) is 4.97. The van der Waals surface area contributed by atoms with Crippen molar-refractivity contribution in [3.05, 3.63) is 69.4 Å². The highest BCUT2D eigenvalue weighted by Crippen LogP contribution is 2.31. The van der Waals surface area contributed by atoms with Crippen LogP contribution < -0.4 is 21.1 Å². The van der Waals surface area contributed by atoms with E-state index in [0.717, 1.165) is 11.3 Å². The number of ether oxygens (including phenoxy) is 1. The first-order chi connectivity index (χ1) is 14.3. The molecule has 30 heavy (non-hydrogen) atoms. The van der Waals surface area contributed by atoms with Gasteiger partial charge in [0.1, 0.15) is 10.8 Å². The minimum Gasteiger partial charge on any atom is -0.497 e. The Labute approximate surface area is 174 Å². The summed E-state index contributed by atoms with van der Waals surface area (Å²) in [5.74, 6) is -0.664. The third kappa shape index (κ3) is 4.52. The van der Waals surface area contributed by atoms with Gasteiger partial charge in [0.05, 0.1) is 12.0 Å². The fourth-order valence-electron chi connectivity index (χ4n) is 2.60. The van der Waals surface area contributed by atoms with E-state index in [1.165, 1.54) is 25.1 Å². The SMILES string of the molecule is COc1ccc(Nc2nc(C(N)=O)c(NC(=O)c3ccc([N+](=O)[O-])c(C)c3)s2)cc1. The number of nitrogens with zero attached hydrogens (tertiary/aromatic N) is 2. The van der Waals surface area contributed by atoms with Gasteiger partial charge in [-0.1, -0.05) is 11.3 Å². The van der Waals surface area contributed by atoms with E-state index in [4.69, 9.17) is 10.5 Å². The molecule has 4 N–H and O–H groups in total. The van der Waals surface area contributed by atoms with Gasteiger partial charge in [-0.2, -0.15) is 0 Å². The van der Waals surface area contributed by atoms with Gasteiger partial charge >= 0.3 is 0 Å². The largest absolute Gasteiger partial charge is 0.497 e. The van der Waals surface area contributed by atoms with Crippen LogP contribution in [0.15, 0.2) is 42.5 Å². The van der Waals surface area contributed by atoms with Gasteiger partial charge in [-0.3, -0.25) is 19.7 Å². The number of benzene rings is 2. The Morgan fingerprint density at radius 3 is 2.47 bits per heavy atom. The minimum atomic E-state index is -0.802. The molecule has 0 saturated heterocycles. The Morgan fingerprint density at radius 2 is 1.90 bits per heavy atom. The number of rotatable bonds is 7. The number of aryl methyl sites for hydroxylation is 1. The average molecular weight is 427 g/mol. The van der Waals surface area contributed by atoms with Gasteiger partial charge < -0.3 is 21.1 Å². The highest BCUT2D eigenvalue weighted by molar-refractivity contribution is 7.20. The van der Waals surface area contributed by atoms with Crippen LogP contribution >= 0.6 is 11.3 Å². The Hall–Kier alpha value is -3.99. The van der Waals surface area contributed by atoms with Gasteiger partial charge in [0, 0.05) is 22.9 Å². The van der Waals surface area contributed by atoms with Crippen LogP contribution in [0.25, 0.3) is 0 Å². The van der Waals surface area contributed by atoms with Crippen LogP contribution in [0.3, 0.4) is 0 Å². The molecule has 0 aliphatic heterocycles. The van der Waals surface area contributed by atoms with E-state index in [9.17, 15) is 19.7 Å². The van der Waals surface area contributed by atoms with Crippen molar-refractivity contribution in [1.82, 2.24) is 4.98 Å². The number of methoxy groups -OCH3 is 1. The first kappa shape index (κ1) is 20.7. The zero-order chi connectivity index (χ0) is 21.8. The number of anilines is 3. The smallest absolute Gasteiger partial charge is 0.272 e. The Balaban J connectivity index is 1.82. The molecular weight excluding hydrogens is 410 g/mol. The molecule has 0 bridgehead atoms. The van der Waals surface area contributed by atoms with E-state index in [2.05, 4.69) is 15.6 Å². The van der Waals surface area contributed by atoms with Crippen LogP contribution in [0.4, 0.5) is 21.5 Å². The number of nitro benzene ring substituents is 1. The second kappa shape index (κ2) is 8.57. The number of carbonyl (C=O) groups is 2. The van der Waals surface area contributed by atoms with Crippen molar-refractivity contribution < 1.29 is 19.2 Å². The lowest BCUT2D eigenvalue weighted by atomic mass is 10.1. The monoisotopic (exact) mass is 427 g/mol. The van der Waals surface area contributed by atoms with E-state index >= 15 is 0 Å². The van der Waals surface area contributed by atoms with Gasteiger partial charge in [-0.15, -0.1) is 0 Å². The Morgan fingerprint density at radius 1 is 1.20 bits per heavy atom. The number of thiazole rings is 1. The van der Waals surface area contributed by atoms with Crippen molar-refractivity contribution in [2.45, 2.75) is 6.92 Å². The number of hydrogen-bond acceptors (Lipinski definition) is 8. The number of carbonyl (C=O) groups excluding carboxylic acids is 2. The van der Waals surface area contributed by atoms with Gasteiger partial charge in [0.15, 0.2) is 10.8 Å². The van der Waals surface area contributed by atoms with Crippen LogP contribution in [0.1, 0.15) is 26.4 Å². The minimum absolute atomic E-state index is 0.0897. The van der Waals surface area contributed by atoms with Crippen LogP contribution in [-0.4, -0.2) is 28.8 Å². The first-order valence-electron chi connectivity index (χ1n) is 8.56. The molecule has 3 rings (SSSR count). The number of nitrogens with two attached hydrogens (primary N) is 1. The molecule has 2 aromatic carbocycles. The van der Waals surface area contributed by atoms with Crippen molar-refractivity contribution in [1.29, 1.82) is 0 Å². The van der Waals surface area contributed by atoms with Crippen molar-refractivity contribution in [3.63, 3.8) is 0 Å². The molecule has 0 radical (unpaired) electrons. The quantitative estimate of drug-likeness (QED) is 0.386. The second-order valence-corrected chi connectivity index (χ2v) is 7.13. The normalized spacial score (nSPS) is 10.3. The number of nitrogens with one attached hydrogen (secondary N) is 2. The molecule has 0 spiro atoms. The predicted molar refractivity (Wildman–Crippen MR) is 113 cm³/mol. The van der Waals surface area contributed by atoms with Crippen LogP contribution in [0, 0.1) is 17.0 Å². The summed E-state index contributed by atoms with van der Waals surface area (Å²) in [6.45, 7) is 1.54. The van der Waals surface area contributed by atoms with Gasteiger partial charge in [0.25, 0.3) is 17.5 Å². The molecule has 0 aliphatic carbocycles. The molecule has 0 fully saturated rings. The number of amides is 2. The van der Waals surface area contributed by atoms with Crippen LogP contribution in [0.2, 0.25) is 0 Å². The molecule has 3 aromatic rings. The van der Waals surface area contributed by atoms with E-state index in [0.29, 0.717) is 22.1 Å². The van der Waals surface area contributed by atoms with E-state index in [-0.39, 0.29) is 21.9 Å². The molecule has 0 saturated carbocycles. The van der Waals surface area contributed by atoms with Crippen LogP contribution in [-0.2, 0) is 0 Å². The maximum absolute atomic E-state index is 12.6. The average Bonchev–Trinajstić information content (AvgIpc) is 3.10. The highest BCUT2D eigenvalue weighted by atomic mass is 32.1. The standard InChI is InChI=1S/C19H17N5O5S/c1-10-9-11(3-8-14(10)24(27)28)17(26)23-18-15(16(20)25)22-19(30-18)21-12-4-6-13(29-2)7-5-12/h3-9H,1-2H3,(H2,20,25)(H,21,22)(H,23,26). The summed E-state index contributed by atoms with van der Waals surface area (Å²) in [4.78, 5) is 38.9. The fourth-order valence-corrected chi connectivity index (χ4v) is 3.49. The summed E-state index contributed by atoms with van der Waals surface area (Å²) in [5.41, 5.74) is 6.44. The molecule has 154 valence electrons. The molecule has 10 nitrogen and oxygen atoms in total. The molecule has 0 atom stereocenters. The lowest BCUT2D eigenvalue weighted by molar-refractivity contribution is -0.385. The summed E-state index contributed by atoms with van der Waals surface area (Å²) in [7, 11) is 1.56. The van der Waals surface area contributed by atoms with Gasteiger partial charge in [-0.05, 0) is 43.3 Å². The summed E-state index contributed by atoms with van der Waals surface area (Å²) in [5, 5.41) is 17.1. The lowest BCUT2D eigenvalue weighted by Crippen LogP contribution is -2.17. The maximum Gasteiger partial charge on any atom is 0.272 e. The van der Waals surface area contributed by atoms with Gasteiger partial charge in [-0.25, -0.2) is 4.98 Å². The first-order valence-corrected chi connectivity index (χ1v) is 9.38.